The van der Waals surface area contributed by atoms with Gasteiger partial charge in [0.15, 0.2) is 0 Å². The molecule has 160 valence electrons. The number of fused-ring (bicyclic) bond motifs is 1. The third kappa shape index (κ3) is 5.91. The predicted octanol–water partition coefficient (Wildman–Crippen LogP) is 2.17. The van der Waals surface area contributed by atoms with Gasteiger partial charge in [0.1, 0.15) is 0 Å². The maximum absolute atomic E-state index is 12.2. The Morgan fingerprint density at radius 2 is 1.77 bits per heavy atom. The molecule has 3 rings (SSSR count). The zero-order valence-corrected chi connectivity index (χ0v) is 18.1. The number of nitrogens with two attached hydrogens (primary N) is 1. The van der Waals surface area contributed by atoms with Crippen LogP contribution < -0.4 is 10.5 Å². The normalized spacial score (nSPS) is 11.9. The highest BCUT2D eigenvalue weighted by molar-refractivity contribution is 7.89. The highest BCUT2D eigenvalue weighted by Crippen LogP contribution is 2.21. The molecule has 3 aromatic rings. The van der Waals surface area contributed by atoms with E-state index < -0.39 is 10.0 Å². The van der Waals surface area contributed by atoms with Crippen LogP contribution in [-0.4, -0.2) is 44.8 Å². The zero-order chi connectivity index (χ0) is 21.7. The van der Waals surface area contributed by atoms with E-state index in [1.165, 1.54) is 23.1 Å². The minimum atomic E-state index is -3.70. The zero-order valence-electron chi connectivity index (χ0n) is 17.3. The second kappa shape index (κ2) is 9.42. The molecule has 1 aromatic heterocycles. The molecular formula is C22H28N4O3S. The predicted molar refractivity (Wildman–Crippen MR) is 119 cm³/mol. The van der Waals surface area contributed by atoms with Gasteiger partial charge in [0, 0.05) is 36.6 Å². The Morgan fingerprint density at radius 3 is 2.43 bits per heavy atom. The van der Waals surface area contributed by atoms with Crippen LogP contribution in [0.3, 0.4) is 0 Å². The first kappa shape index (κ1) is 22.0. The molecule has 0 spiro atoms. The minimum Gasteiger partial charge on any atom is -0.361 e. The summed E-state index contributed by atoms with van der Waals surface area (Å²) >= 11 is 0. The van der Waals surface area contributed by atoms with E-state index in [0.29, 0.717) is 19.4 Å². The van der Waals surface area contributed by atoms with Crippen LogP contribution in [0.25, 0.3) is 10.9 Å². The maximum atomic E-state index is 12.2. The molecule has 0 aliphatic carbocycles. The summed E-state index contributed by atoms with van der Waals surface area (Å²) in [5.41, 5.74) is 4.34. The second-order valence-corrected chi connectivity index (χ2v) is 9.27. The Kier molecular flexibility index (Phi) is 6.91. The summed E-state index contributed by atoms with van der Waals surface area (Å²) in [5.74, 6) is -0.0486. The fraction of sp³-hybridized carbons (Fsp3) is 0.318. The van der Waals surface area contributed by atoms with Crippen LogP contribution in [0.1, 0.15) is 23.1 Å². The number of primary sulfonamides is 1. The minimum absolute atomic E-state index is 0.0486. The lowest BCUT2D eigenvalue weighted by Crippen LogP contribution is -2.23. The van der Waals surface area contributed by atoms with Crippen LogP contribution in [0.15, 0.2) is 53.6 Å². The summed E-state index contributed by atoms with van der Waals surface area (Å²) in [5, 5.41) is 9.17. The van der Waals surface area contributed by atoms with Crippen molar-refractivity contribution in [1.29, 1.82) is 0 Å². The van der Waals surface area contributed by atoms with E-state index in [1.807, 2.05) is 6.07 Å². The Bertz CT molecular complexity index is 1120. The van der Waals surface area contributed by atoms with E-state index in [4.69, 9.17) is 5.14 Å². The number of carbonyl (C=O) groups is 1. The molecule has 0 aliphatic rings. The van der Waals surface area contributed by atoms with Crippen LogP contribution >= 0.6 is 0 Å². The molecule has 7 nitrogen and oxygen atoms in total. The molecule has 1 amide bonds. The van der Waals surface area contributed by atoms with Crippen molar-refractivity contribution in [2.45, 2.75) is 30.7 Å². The molecule has 4 N–H and O–H groups in total. The van der Waals surface area contributed by atoms with Crippen LogP contribution in [0.5, 0.6) is 0 Å². The summed E-state index contributed by atoms with van der Waals surface area (Å²) < 4.78 is 22.6. The number of hydrogen-bond donors (Lipinski definition) is 3. The van der Waals surface area contributed by atoms with Crippen molar-refractivity contribution in [2.24, 2.45) is 5.14 Å². The first-order valence-corrected chi connectivity index (χ1v) is 11.4. The van der Waals surface area contributed by atoms with Gasteiger partial charge in [0.2, 0.25) is 15.9 Å². The van der Waals surface area contributed by atoms with Crippen molar-refractivity contribution in [3.8, 4) is 0 Å². The van der Waals surface area contributed by atoms with E-state index in [0.717, 1.165) is 29.6 Å². The third-order valence-corrected chi connectivity index (χ3v) is 5.97. The van der Waals surface area contributed by atoms with Gasteiger partial charge in [-0.25, -0.2) is 13.6 Å². The lowest BCUT2D eigenvalue weighted by Gasteiger charge is -2.09. The van der Waals surface area contributed by atoms with E-state index in [9.17, 15) is 13.2 Å². The molecule has 0 unspecified atom stereocenters. The molecule has 0 atom stereocenters. The molecule has 0 fully saturated rings. The number of benzene rings is 2. The fourth-order valence-corrected chi connectivity index (χ4v) is 3.79. The Hall–Kier alpha value is -2.68. The van der Waals surface area contributed by atoms with Crippen molar-refractivity contribution in [3.05, 3.63) is 65.4 Å². The van der Waals surface area contributed by atoms with Crippen LogP contribution in [0.2, 0.25) is 0 Å². The first-order valence-electron chi connectivity index (χ1n) is 9.84. The van der Waals surface area contributed by atoms with Gasteiger partial charge in [-0.15, -0.1) is 0 Å². The highest BCUT2D eigenvalue weighted by atomic mass is 32.2. The number of H-pyrrole nitrogens is 1. The quantitative estimate of drug-likeness (QED) is 0.485. The van der Waals surface area contributed by atoms with Crippen LogP contribution in [-0.2, 0) is 34.2 Å². The Morgan fingerprint density at radius 1 is 1.07 bits per heavy atom. The van der Waals surface area contributed by atoms with Crippen LogP contribution in [0, 0.1) is 0 Å². The lowest BCUT2D eigenvalue weighted by atomic mass is 10.0. The summed E-state index contributed by atoms with van der Waals surface area (Å²) in [6.07, 6.45) is 4.08. The molecule has 0 saturated carbocycles. The molecule has 30 heavy (non-hydrogen) atoms. The smallest absolute Gasteiger partial charge is 0.238 e. The SMILES string of the molecule is CN(C)CCc1c[nH]c2ccc(CCC(=O)NCc3ccc(S(N)(=O)=O)cc3)cc12. The number of hydrogen-bond acceptors (Lipinski definition) is 4. The Labute approximate surface area is 177 Å². The number of aromatic amines is 1. The van der Waals surface area contributed by atoms with Gasteiger partial charge >= 0.3 is 0 Å². The summed E-state index contributed by atoms with van der Waals surface area (Å²) in [7, 11) is 0.421. The molecular weight excluding hydrogens is 400 g/mol. The van der Waals surface area contributed by atoms with Crippen LogP contribution in [0.4, 0.5) is 0 Å². The second-order valence-electron chi connectivity index (χ2n) is 7.71. The van der Waals surface area contributed by atoms with Crippen molar-refractivity contribution < 1.29 is 13.2 Å². The first-order chi connectivity index (χ1) is 14.2. The number of sulfonamides is 1. The number of nitrogens with one attached hydrogen (secondary N) is 2. The van der Waals surface area contributed by atoms with Gasteiger partial charge in [-0.2, -0.15) is 0 Å². The van der Waals surface area contributed by atoms with Crippen molar-refractivity contribution in [1.82, 2.24) is 15.2 Å². The van der Waals surface area contributed by atoms with E-state index >= 15 is 0 Å². The summed E-state index contributed by atoms with van der Waals surface area (Å²) in [4.78, 5) is 17.8. The van der Waals surface area contributed by atoms with Crippen molar-refractivity contribution in [2.75, 3.05) is 20.6 Å². The van der Waals surface area contributed by atoms with Gasteiger partial charge in [-0.3, -0.25) is 4.79 Å². The van der Waals surface area contributed by atoms with Gasteiger partial charge < -0.3 is 15.2 Å². The molecule has 1 heterocycles. The van der Waals surface area contributed by atoms with Crippen molar-refractivity contribution >= 4 is 26.8 Å². The van der Waals surface area contributed by atoms with Gasteiger partial charge in [0.25, 0.3) is 0 Å². The maximum Gasteiger partial charge on any atom is 0.238 e. The average Bonchev–Trinajstić information content (AvgIpc) is 3.11. The van der Waals surface area contributed by atoms with Gasteiger partial charge in [-0.1, -0.05) is 18.2 Å². The third-order valence-electron chi connectivity index (χ3n) is 5.04. The average molecular weight is 429 g/mol. The van der Waals surface area contributed by atoms with E-state index in [1.54, 1.807) is 12.1 Å². The summed E-state index contributed by atoms with van der Waals surface area (Å²) in [6.45, 7) is 1.33. The number of rotatable bonds is 9. The largest absolute Gasteiger partial charge is 0.361 e. The Balaban J connectivity index is 1.54. The number of aromatic nitrogens is 1. The molecule has 8 heteroatoms. The molecule has 2 aromatic carbocycles. The van der Waals surface area contributed by atoms with E-state index in [2.05, 4.69) is 47.6 Å². The van der Waals surface area contributed by atoms with Crippen molar-refractivity contribution in [3.63, 3.8) is 0 Å². The number of likely N-dealkylation sites (N-methyl/N-ethyl adjacent to an activating group) is 1. The van der Waals surface area contributed by atoms with Gasteiger partial charge in [0.05, 0.1) is 4.90 Å². The standard InChI is InChI=1S/C22H28N4O3S/c1-26(2)12-11-18-15-24-21-9-5-16(13-20(18)21)6-10-22(27)25-14-17-3-7-19(8-4-17)30(23,28)29/h3-5,7-9,13,15,24H,6,10-12,14H2,1-2H3,(H,25,27)(H2,23,28,29). The fourth-order valence-electron chi connectivity index (χ4n) is 3.28. The molecule has 0 radical (unpaired) electrons. The number of carbonyl (C=O) groups excluding carboxylic acids is 1. The summed E-state index contributed by atoms with van der Waals surface area (Å²) in [6, 6.07) is 12.5. The number of aryl methyl sites for hydroxylation is 1. The van der Waals surface area contributed by atoms with E-state index in [-0.39, 0.29) is 10.8 Å². The van der Waals surface area contributed by atoms with Gasteiger partial charge in [-0.05, 0) is 67.9 Å². The lowest BCUT2D eigenvalue weighted by molar-refractivity contribution is -0.121. The number of amides is 1. The molecule has 0 aliphatic heterocycles. The highest BCUT2D eigenvalue weighted by Gasteiger charge is 2.09. The molecule has 0 saturated heterocycles. The monoisotopic (exact) mass is 428 g/mol. The number of nitrogens with zero attached hydrogens (tertiary/aromatic N) is 1. The topological polar surface area (TPSA) is 108 Å². The molecule has 0 bridgehead atoms.